The molecule has 0 aliphatic rings. The number of carbonyl (C=O) groups excluding carboxylic acids is 1. The lowest BCUT2D eigenvalue weighted by Gasteiger charge is -2.20. The molecule has 0 heterocycles. The molecule has 0 fully saturated rings. The second-order valence-electron chi connectivity index (χ2n) is 6.76. The summed E-state index contributed by atoms with van der Waals surface area (Å²) in [6.07, 6.45) is 0.764. The number of ether oxygens (including phenoxy) is 1. The van der Waals surface area contributed by atoms with E-state index in [1.54, 1.807) is 12.1 Å². The summed E-state index contributed by atoms with van der Waals surface area (Å²) in [5.74, 6) is -0.0104. The molecular weight excluding hydrogens is 386 g/mol. The minimum atomic E-state index is -2.86. The van der Waals surface area contributed by atoms with Gasteiger partial charge in [0.05, 0.1) is 12.6 Å². The molecule has 6 heteroatoms. The van der Waals surface area contributed by atoms with Crippen molar-refractivity contribution in [1.29, 1.82) is 0 Å². The van der Waals surface area contributed by atoms with Gasteiger partial charge in [-0.2, -0.15) is 8.78 Å². The van der Waals surface area contributed by atoms with Crippen molar-refractivity contribution >= 4 is 5.91 Å². The van der Waals surface area contributed by atoms with E-state index in [0.29, 0.717) is 6.54 Å². The number of hydrogen-bond acceptors (Lipinski definition) is 3. The van der Waals surface area contributed by atoms with Gasteiger partial charge in [0.1, 0.15) is 5.75 Å². The summed E-state index contributed by atoms with van der Waals surface area (Å²) in [5.41, 5.74) is 2.98. The number of amides is 1. The Labute approximate surface area is 174 Å². The lowest BCUT2D eigenvalue weighted by atomic mass is 9.98. The first kappa shape index (κ1) is 21.5. The van der Waals surface area contributed by atoms with Crippen LogP contribution in [0.1, 0.15) is 22.7 Å². The minimum Gasteiger partial charge on any atom is -0.435 e. The summed E-state index contributed by atoms with van der Waals surface area (Å²) in [6, 6.07) is 25.8. The van der Waals surface area contributed by atoms with Gasteiger partial charge in [-0.3, -0.25) is 10.1 Å². The van der Waals surface area contributed by atoms with Gasteiger partial charge in [0.15, 0.2) is 0 Å². The summed E-state index contributed by atoms with van der Waals surface area (Å²) in [7, 11) is 0. The molecule has 30 heavy (non-hydrogen) atoms. The largest absolute Gasteiger partial charge is 0.435 e. The van der Waals surface area contributed by atoms with E-state index in [0.717, 1.165) is 17.5 Å². The number of carbonyl (C=O) groups is 1. The van der Waals surface area contributed by atoms with Crippen LogP contribution >= 0.6 is 0 Å². The molecule has 0 radical (unpaired) electrons. The number of hydrogen-bond donors (Lipinski definition) is 2. The predicted octanol–water partition coefficient (Wildman–Crippen LogP) is 4.33. The standard InChI is InChI=1S/C24H24F2N2O2/c25-24(26)30-21-13-11-20(12-14-21)23(19-9-5-2-6-10-19)28-17-22(29)27-16-15-18-7-3-1-4-8-18/h1-14,23-24,28H,15-17H2,(H,27,29)/t23-/m1/s1. The van der Waals surface area contributed by atoms with Crippen molar-refractivity contribution in [3.05, 3.63) is 102 Å². The van der Waals surface area contributed by atoms with Gasteiger partial charge in [-0.25, -0.2) is 0 Å². The number of halogens is 2. The molecule has 3 rings (SSSR count). The van der Waals surface area contributed by atoms with Crippen LogP contribution in [0.5, 0.6) is 5.75 Å². The van der Waals surface area contributed by atoms with Crippen molar-refractivity contribution in [2.45, 2.75) is 19.1 Å². The fraction of sp³-hybridized carbons (Fsp3) is 0.208. The molecule has 0 saturated heterocycles. The Kier molecular flexibility index (Phi) is 7.92. The van der Waals surface area contributed by atoms with Crippen LogP contribution in [0, 0.1) is 0 Å². The summed E-state index contributed by atoms with van der Waals surface area (Å²) < 4.78 is 29.2. The van der Waals surface area contributed by atoms with Gasteiger partial charge in [0.25, 0.3) is 0 Å². The summed E-state index contributed by atoms with van der Waals surface area (Å²) >= 11 is 0. The molecule has 3 aromatic carbocycles. The smallest absolute Gasteiger partial charge is 0.387 e. The number of rotatable bonds is 10. The quantitative estimate of drug-likeness (QED) is 0.523. The summed E-state index contributed by atoms with van der Waals surface area (Å²) in [6.45, 7) is -2.18. The Balaban J connectivity index is 1.60. The van der Waals surface area contributed by atoms with Crippen LogP contribution in [0.15, 0.2) is 84.9 Å². The Morgan fingerprint density at radius 1 is 0.833 bits per heavy atom. The first-order valence-corrected chi connectivity index (χ1v) is 9.75. The minimum absolute atomic E-state index is 0.0965. The van der Waals surface area contributed by atoms with E-state index in [1.165, 1.54) is 17.7 Å². The highest BCUT2D eigenvalue weighted by Gasteiger charge is 2.15. The van der Waals surface area contributed by atoms with Crippen LogP contribution in [0.25, 0.3) is 0 Å². The van der Waals surface area contributed by atoms with Crippen molar-refractivity contribution in [3.8, 4) is 5.75 Å². The van der Waals surface area contributed by atoms with Crippen LogP contribution in [-0.2, 0) is 11.2 Å². The maximum atomic E-state index is 12.4. The molecule has 0 aliphatic carbocycles. The van der Waals surface area contributed by atoms with Gasteiger partial charge in [0.2, 0.25) is 5.91 Å². The van der Waals surface area contributed by atoms with Crippen molar-refractivity contribution in [2.24, 2.45) is 0 Å². The monoisotopic (exact) mass is 410 g/mol. The number of nitrogens with one attached hydrogen (secondary N) is 2. The van der Waals surface area contributed by atoms with E-state index in [4.69, 9.17) is 0 Å². The van der Waals surface area contributed by atoms with E-state index in [9.17, 15) is 13.6 Å². The highest BCUT2D eigenvalue weighted by atomic mass is 19.3. The van der Waals surface area contributed by atoms with E-state index >= 15 is 0 Å². The fourth-order valence-electron chi connectivity index (χ4n) is 3.16. The van der Waals surface area contributed by atoms with Crippen LogP contribution < -0.4 is 15.4 Å². The van der Waals surface area contributed by atoms with E-state index < -0.39 is 6.61 Å². The molecule has 4 nitrogen and oxygen atoms in total. The average Bonchev–Trinajstić information content (AvgIpc) is 2.76. The zero-order valence-electron chi connectivity index (χ0n) is 16.4. The lowest BCUT2D eigenvalue weighted by Crippen LogP contribution is -2.37. The molecule has 156 valence electrons. The van der Waals surface area contributed by atoms with Gasteiger partial charge in [0, 0.05) is 6.54 Å². The molecule has 0 unspecified atom stereocenters. The molecule has 1 amide bonds. The maximum absolute atomic E-state index is 12.4. The third kappa shape index (κ3) is 6.67. The molecule has 2 N–H and O–H groups in total. The van der Waals surface area contributed by atoms with Crippen molar-refractivity contribution < 1.29 is 18.3 Å². The van der Waals surface area contributed by atoms with Gasteiger partial charge in [-0.1, -0.05) is 72.8 Å². The molecule has 0 aromatic heterocycles. The van der Waals surface area contributed by atoms with Crippen LogP contribution in [-0.4, -0.2) is 25.6 Å². The first-order valence-electron chi connectivity index (χ1n) is 9.75. The highest BCUT2D eigenvalue weighted by Crippen LogP contribution is 2.24. The maximum Gasteiger partial charge on any atom is 0.387 e. The zero-order chi connectivity index (χ0) is 21.2. The highest BCUT2D eigenvalue weighted by molar-refractivity contribution is 5.78. The molecule has 0 aliphatic heterocycles. The van der Waals surface area contributed by atoms with Crippen LogP contribution in [0.4, 0.5) is 8.78 Å². The molecule has 0 bridgehead atoms. The lowest BCUT2D eigenvalue weighted by molar-refractivity contribution is -0.120. The topological polar surface area (TPSA) is 50.4 Å². The number of benzene rings is 3. The number of alkyl halides is 2. The van der Waals surface area contributed by atoms with E-state index in [1.807, 2.05) is 60.7 Å². The predicted molar refractivity (Wildman–Crippen MR) is 113 cm³/mol. The van der Waals surface area contributed by atoms with Gasteiger partial charge < -0.3 is 10.1 Å². The molecule has 0 spiro atoms. The summed E-state index contributed by atoms with van der Waals surface area (Å²) in [5, 5.41) is 6.18. The van der Waals surface area contributed by atoms with Crippen molar-refractivity contribution in [1.82, 2.24) is 10.6 Å². The Hall–Kier alpha value is -3.25. The molecule has 3 aromatic rings. The van der Waals surface area contributed by atoms with E-state index in [-0.39, 0.29) is 24.2 Å². The zero-order valence-corrected chi connectivity index (χ0v) is 16.4. The Morgan fingerprint density at radius 2 is 1.43 bits per heavy atom. The average molecular weight is 410 g/mol. The Morgan fingerprint density at radius 3 is 2.07 bits per heavy atom. The fourth-order valence-corrected chi connectivity index (χ4v) is 3.16. The SMILES string of the molecule is O=C(CN[C@H](c1ccccc1)c1ccc(OC(F)F)cc1)NCCc1ccccc1. The van der Waals surface area contributed by atoms with Crippen LogP contribution in [0.2, 0.25) is 0 Å². The van der Waals surface area contributed by atoms with Gasteiger partial charge >= 0.3 is 6.61 Å². The van der Waals surface area contributed by atoms with Gasteiger partial charge in [-0.05, 0) is 35.2 Å². The second kappa shape index (κ2) is 11.1. The third-order valence-corrected chi connectivity index (χ3v) is 4.62. The first-order chi connectivity index (χ1) is 14.6. The molecule has 0 saturated carbocycles. The van der Waals surface area contributed by atoms with Gasteiger partial charge in [-0.15, -0.1) is 0 Å². The van der Waals surface area contributed by atoms with E-state index in [2.05, 4.69) is 15.4 Å². The van der Waals surface area contributed by atoms with Crippen molar-refractivity contribution in [2.75, 3.05) is 13.1 Å². The molecule has 1 atom stereocenters. The summed E-state index contributed by atoms with van der Waals surface area (Å²) in [4.78, 5) is 12.3. The third-order valence-electron chi connectivity index (χ3n) is 4.62. The molecular formula is C24H24F2N2O2. The normalized spacial score (nSPS) is 11.8. The van der Waals surface area contributed by atoms with Crippen molar-refractivity contribution in [3.63, 3.8) is 0 Å². The second-order valence-corrected chi connectivity index (χ2v) is 6.76. The Bertz CT molecular complexity index is 904. The van der Waals surface area contributed by atoms with Crippen LogP contribution in [0.3, 0.4) is 0 Å².